The lowest BCUT2D eigenvalue weighted by molar-refractivity contribution is -0.114. The van der Waals surface area contributed by atoms with Crippen LogP contribution in [-0.4, -0.2) is 5.78 Å². The van der Waals surface area contributed by atoms with Crippen LogP contribution in [0.15, 0.2) is 47.1 Å². The number of rotatable bonds is 2. The topological polar surface area (TPSA) is 76.1 Å². The Hall–Kier alpha value is -2.61. The maximum atomic E-state index is 14.0. The van der Waals surface area contributed by atoms with Gasteiger partial charge in [0.25, 0.3) is 0 Å². The van der Waals surface area contributed by atoms with Gasteiger partial charge in [0.15, 0.2) is 5.78 Å². The first-order valence-electron chi connectivity index (χ1n) is 6.01. The highest BCUT2D eigenvalue weighted by atomic mass is 19.1. The van der Waals surface area contributed by atoms with Crippen molar-refractivity contribution in [2.24, 2.45) is 5.73 Å². The maximum Gasteiger partial charge on any atom is 0.205 e. The molecule has 1 atom stereocenters. The Morgan fingerprint density at radius 1 is 1.45 bits per heavy atom. The molecule has 20 heavy (non-hydrogen) atoms. The molecular formula is C15H13FN2O2. The van der Waals surface area contributed by atoms with Crippen molar-refractivity contribution in [3.8, 4) is 6.07 Å². The number of benzene rings is 1. The first-order chi connectivity index (χ1) is 9.47. The van der Waals surface area contributed by atoms with Crippen LogP contribution in [0.3, 0.4) is 0 Å². The quantitative estimate of drug-likeness (QED) is 0.897. The predicted molar refractivity (Wildman–Crippen MR) is 70.4 cm³/mol. The molecule has 1 aromatic carbocycles. The molecule has 0 bridgehead atoms. The van der Waals surface area contributed by atoms with Gasteiger partial charge in [-0.3, -0.25) is 4.79 Å². The molecule has 102 valence electrons. The number of Topliss-reactive ketones (excluding diaryl/α,β-unsaturated/α-hetero) is 1. The van der Waals surface area contributed by atoms with E-state index in [-0.39, 0.29) is 28.4 Å². The van der Waals surface area contributed by atoms with Crippen LogP contribution in [0.25, 0.3) is 0 Å². The molecule has 1 aliphatic heterocycles. The van der Waals surface area contributed by atoms with E-state index in [9.17, 15) is 14.4 Å². The van der Waals surface area contributed by atoms with E-state index in [1.54, 1.807) is 19.1 Å². The lowest BCUT2D eigenvalue weighted by Crippen LogP contribution is -2.23. The van der Waals surface area contributed by atoms with Crippen molar-refractivity contribution in [3.63, 3.8) is 0 Å². The summed E-state index contributed by atoms with van der Waals surface area (Å²) in [6.07, 6.45) is 0. The predicted octanol–water partition coefficient (Wildman–Crippen LogP) is 2.50. The zero-order valence-corrected chi connectivity index (χ0v) is 11.1. The van der Waals surface area contributed by atoms with Crippen molar-refractivity contribution in [2.75, 3.05) is 0 Å². The summed E-state index contributed by atoms with van der Waals surface area (Å²) in [6, 6.07) is 7.91. The highest BCUT2D eigenvalue weighted by Gasteiger charge is 2.35. The second-order valence-corrected chi connectivity index (χ2v) is 4.47. The first-order valence-corrected chi connectivity index (χ1v) is 6.01. The van der Waals surface area contributed by atoms with Crippen LogP contribution in [0.2, 0.25) is 0 Å². The Morgan fingerprint density at radius 3 is 2.65 bits per heavy atom. The fraction of sp³-hybridized carbons (Fsp3) is 0.200. The third-order valence-electron chi connectivity index (χ3n) is 3.20. The Balaban J connectivity index is 2.71. The second-order valence-electron chi connectivity index (χ2n) is 4.47. The van der Waals surface area contributed by atoms with Crippen LogP contribution < -0.4 is 5.73 Å². The molecule has 0 amide bonds. The minimum Gasteiger partial charge on any atom is -0.445 e. The zero-order valence-electron chi connectivity index (χ0n) is 11.1. The van der Waals surface area contributed by atoms with Gasteiger partial charge >= 0.3 is 0 Å². The molecule has 5 heteroatoms. The van der Waals surface area contributed by atoms with Crippen molar-refractivity contribution >= 4 is 5.78 Å². The largest absolute Gasteiger partial charge is 0.445 e. The summed E-state index contributed by atoms with van der Waals surface area (Å²) in [5.74, 6) is -1.40. The molecule has 0 fully saturated rings. The zero-order chi connectivity index (χ0) is 14.9. The average molecular weight is 272 g/mol. The molecule has 0 saturated heterocycles. The summed E-state index contributed by atoms with van der Waals surface area (Å²) in [6.45, 7) is 2.93. The van der Waals surface area contributed by atoms with Crippen molar-refractivity contribution in [1.29, 1.82) is 5.26 Å². The van der Waals surface area contributed by atoms with Gasteiger partial charge in [0.1, 0.15) is 23.2 Å². The highest BCUT2D eigenvalue weighted by molar-refractivity contribution is 5.96. The molecule has 2 rings (SSSR count). The second kappa shape index (κ2) is 5.17. The molecule has 1 heterocycles. The van der Waals surface area contributed by atoms with Gasteiger partial charge in [0.2, 0.25) is 5.88 Å². The number of allylic oxidation sites excluding steroid dienone is 3. The number of hydrogen-bond donors (Lipinski definition) is 1. The van der Waals surface area contributed by atoms with Gasteiger partial charge in [-0.2, -0.15) is 5.26 Å². The number of halogens is 1. The van der Waals surface area contributed by atoms with E-state index in [0.717, 1.165) is 0 Å². The lowest BCUT2D eigenvalue weighted by Gasteiger charge is -2.26. The molecule has 2 N–H and O–H groups in total. The van der Waals surface area contributed by atoms with Gasteiger partial charge in [0, 0.05) is 11.1 Å². The number of nitrogens with zero attached hydrogens (tertiary/aromatic N) is 1. The number of ether oxygens (including phenoxy) is 1. The minimum atomic E-state index is -0.826. The Kier molecular flexibility index (Phi) is 3.57. The summed E-state index contributed by atoms with van der Waals surface area (Å²) in [7, 11) is 0. The van der Waals surface area contributed by atoms with Gasteiger partial charge in [-0.15, -0.1) is 0 Å². The fourth-order valence-electron chi connectivity index (χ4n) is 2.36. The minimum absolute atomic E-state index is 0.0471. The molecule has 0 saturated carbocycles. The molecule has 0 aromatic heterocycles. The van der Waals surface area contributed by atoms with Crippen molar-refractivity contribution in [1.82, 2.24) is 0 Å². The third-order valence-corrected chi connectivity index (χ3v) is 3.20. The Morgan fingerprint density at radius 2 is 2.10 bits per heavy atom. The van der Waals surface area contributed by atoms with E-state index in [2.05, 4.69) is 0 Å². The average Bonchev–Trinajstić information content (AvgIpc) is 2.38. The van der Waals surface area contributed by atoms with E-state index in [4.69, 9.17) is 10.5 Å². The number of hydrogen-bond acceptors (Lipinski definition) is 4. The van der Waals surface area contributed by atoms with Gasteiger partial charge in [-0.25, -0.2) is 4.39 Å². The number of carbonyl (C=O) groups is 1. The summed E-state index contributed by atoms with van der Waals surface area (Å²) >= 11 is 0. The van der Waals surface area contributed by atoms with Crippen molar-refractivity contribution in [3.05, 3.63) is 58.4 Å². The summed E-state index contributed by atoms with van der Waals surface area (Å²) < 4.78 is 19.3. The van der Waals surface area contributed by atoms with Crippen LogP contribution in [0.5, 0.6) is 0 Å². The molecular weight excluding hydrogens is 259 g/mol. The van der Waals surface area contributed by atoms with E-state index < -0.39 is 11.7 Å². The third kappa shape index (κ3) is 2.16. The molecule has 1 aliphatic rings. The number of ketones is 1. The van der Waals surface area contributed by atoms with Gasteiger partial charge in [-0.05, 0) is 19.9 Å². The normalized spacial score (nSPS) is 18.6. The van der Waals surface area contributed by atoms with Crippen molar-refractivity contribution in [2.45, 2.75) is 19.8 Å². The first kappa shape index (κ1) is 13.8. The highest BCUT2D eigenvalue weighted by Crippen LogP contribution is 2.40. The number of carbonyl (C=O) groups excluding carboxylic acids is 1. The standard InChI is InChI=1S/C15H13FN2O2/c1-8(19)13-9(2)20-15(18)11(7-17)14(13)10-5-3-4-6-12(10)16/h3-6,14H,18H2,1-2H3/t14-/m1/s1. The van der Waals surface area contributed by atoms with Crippen LogP contribution >= 0.6 is 0 Å². The molecule has 0 unspecified atom stereocenters. The van der Waals surface area contributed by atoms with Crippen LogP contribution in [0, 0.1) is 17.1 Å². The number of nitriles is 1. The summed E-state index contributed by atoms with van der Waals surface area (Å²) in [5, 5.41) is 9.25. The summed E-state index contributed by atoms with van der Waals surface area (Å²) in [5.41, 5.74) is 6.22. The lowest BCUT2D eigenvalue weighted by atomic mass is 9.81. The molecule has 4 nitrogen and oxygen atoms in total. The van der Waals surface area contributed by atoms with E-state index >= 15 is 0 Å². The molecule has 0 spiro atoms. The van der Waals surface area contributed by atoms with Gasteiger partial charge < -0.3 is 10.5 Å². The van der Waals surface area contributed by atoms with Crippen LogP contribution in [-0.2, 0) is 9.53 Å². The fourth-order valence-corrected chi connectivity index (χ4v) is 2.36. The summed E-state index contributed by atoms with van der Waals surface area (Å²) in [4.78, 5) is 11.8. The van der Waals surface area contributed by atoms with Crippen molar-refractivity contribution < 1.29 is 13.9 Å². The molecule has 1 aromatic rings. The SMILES string of the molecule is CC(=O)C1=C(C)OC(N)=C(C#N)[C@H]1c1ccccc1F. The smallest absolute Gasteiger partial charge is 0.205 e. The van der Waals surface area contributed by atoms with Gasteiger partial charge in [0.05, 0.1) is 5.92 Å². The number of nitrogens with two attached hydrogens (primary N) is 1. The van der Waals surface area contributed by atoms with E-state index in [1.165, 1.54) is 19.1 Å². The van der Waals surface area contributed by atoms with E-state index in [1.807, 2.05) is 6.07 Å². The van der Waals surface area contributed by atoms with Crippen LogP contribution in [0.1, 0.15) is 25.3 Å². The Bertz CT molecular complexity index is 683. The Labute approximate surface area is 116 Å². The monoisotopic (exact) mass is 272 g/mol. The van der Waals surface area contributed by atoms with E-state index in [0.29, 0.717) is 5.76 Å². The molecule has 0 radical (unpaired) electrons. The molecule has 0 aliphatic carbocycles. The van der Waals surface area contributed by atoms with Gasteiger partial charge in [-0.1, -0.05) is 18.2 Å². The van der Waals surface area contributed by atoms with Crippen LogP contribution in [0.4, 0.5) is 4.39 Å². The maximum absolute atomic E-state index is 14.0.